The fourth-order valence-corrected chi connectivity index (χ4v) is 0.742. The van der Waals surface area contributed by atoms with Crippen LogP contribution < -0.4 is 0 Å². The van der Waals surface area contributed by atoms with E-state index in [-0.39, 0.29) is 17.6 Å². The Hall–Kier alpha value is -2.11. The molecule has 0 amide bonds. The van der Waals surface area contributed by atoms with Crippen LogP contribution in [0.2, 0.25) is 0 Å². The molecule has 13 heavy (non-hydrogen) atoms. The summed E-state index contributed by atoms with van der Waals surface area (Å²) in [6, 6.07) is 0. The SMILES string of the molecule is O=C(O)C1=COC(=C2OC=CO2)O1. The summed E-state index contributed by atoms with van der Waals surface area (Å²) < 4.78 is 19.0. The summed E-state index contributed by atoms with van der Waals surface area (Å²) in [5, 5.41) is 8.48. The average molecular weight is 184 g/mol. The highest BCUT2D eigenvalue weighted by molar-refractivity contribution is 5.84. The van der Waals surface area contributed by atoms with Crippen LogP contribution in [0.1, 0.15) is 0 Å². The molecule has 0 spiro atoms. The van der Waals surface area contributed by atoms with Crippen molar-refractivity contribution in [3.63, 3.8) is 0 Å². The van der Waals surface area contributed by atoms with Gasteiger partial charge in [-0.05, 0) is 0 Å². The molecular formula is C7H4O6. The van der Waals surface area contributed by atoms with Gasteiger partial charge in [0.2, 0.25) is 0 Å². The molecule has 68 valence electrons. The quantitative estimate of drug-likeness (QED) is 0.643. The topological polar surface area (TPSA) is 74.2 Å². The molecular weight excluding hydrogens is 180 g/mol. The Balaban J connectivity index is 2.10. The predicted molar refractivity (Wildman–Crippen MR) is 36.2 cm³/mol. The van der Waals surface area contributed by atoms with Crippen LogP contribution in [0.3, 0.4) is 0 Å². The van der Waals surface area contributed by atoms with Crippen LogP contribution in [0.25, 0.3) is 0 Å². The standard InChI is InChI=1S/C7H4O6/c8-5(9)4-3-12-7(13-4)6-10-1-2-11-6/h1-3H,(H,8,9). The highest BCUT2D eigenvalue weighted by atomic mass is 16.8. The molecule has 0 aromatic heterocycles. The Labute approximate surface area is 72.3 Å². The maximum Gasteiger partial charge on any atom is 0.376 e. The molecule has 2 heterocycles. The summed E-state index contributed by atoms with van der Waals surface area (Å²) in [7, 11) is 0. The molecule has 6 heteroatoms. The molecule has 0 unspecified atom stereocenters. The van der Waals surface area contributed by atoms with Crippen LogP contribution in [0, 0.1) is 0 Å². The Bertz CT molecular complexity index is 327. The van der Waals surface area contributed by atoms with Crippen molar-refractivity contribution in [3.8, 4) is 0 Å². The molecule has 0 fully saturated rings. The van der Waals surface area contributed by atoms with E-state index in [1.165, 1.54) is 12.5 Å². The van der Waals surface area contributed by atoms with Gasteiger partial charge in [0.25, 0.3) is 5.76 Å². The minimum atomic E-state index is -1.22. The highest BCUT2D eigenvalue weighted by Gasteiger charge is 2.26. The number of hydrogen-bond acceptors (Lipinski definition) is 5. The molecule has 0 aromatic carbocycles. The minimum Gasteiger partial charge on any atom is -0.475 e. The smallest absolute Gasteiger partial charge is 0.376 e. The average Bonchev–Trinajstić information content (AvgIpc) is 2.75. The third-order valence-electron chi connectivity index (χ3n) is 1.26. The van der Waals surface area contributed by atoms with E-state index in [1.807, 2.05) is 0 Å². The zero-order chi connectivity index (χ0) is 9.26. The van der Waals surface area contributed by atoms with Crippen molar-refractivity contribution in [1.29, 1.82) is 0 Å². The first-order valence-corrected chi connectivity index (χ1v) is 3.28. The Morgan fingerprint density at radius 1 is 1.15 bits per heavy atom. The second kappa shape index (κ2) is 2.74. The van der Waals surface area contributed by atoms with E-state index >= 15 is 0 Å². The molecule has 0 atom stereocenters. The number of hydrogen-bond donors (Lipinski definition) is 1. The lowest BCUT2D eigenvalue weighted by molar-refractivity contribution is -0.135. The van der Waals surface area contributed by atoms with Gasteiger partial charge in [-0.25, -0.2) is 4.79 Å². The minimum absolute atomic E-state index is 0.0208. The number of aliphatic carboxylic acids is 1. The maximum absolute atomic E-state index is 10.4. The lowest BCUT2D eigenvalue weighted by Crippen LogP contribution is -2.01. The van der Waals surface area contributed by atoms with Crippen LogP contribution in [0.4, 0.5) is 0 Å². The van der Waals surface area contributed by atoms with Gasteiger partial charge in [0.1, 0.15) is 18.8 Å². The van der Waals surface area contributed by atoms with Gasteiger partial charge in [-0.1, -0.05) is 0 Å². The lowest BCUT2D eigenvalue weighted by Gasteiger charge is -2.00. The Kier molecular flexibility index (Phi) is 1.59. The van der Waals surface area contributed by atoms with Crippen molar-refractivity contribution in [2.75, 3.05) is 0 Å². The summed E-state index contributed by atoms with van der Waals surface area (Å²) in [5.41, 5.74) is 0. The fourth-order valence-electron chi connectivity index (χ4n) is 0.742. The molecule has 2 aliphatic rings. The summed E-state index contributed by atoms with van der Waals surface area (Å²) in [5.74, 6) is -1.68. The van der Waals surface area contributed by atoms with Crippen molar-refractivity contribution in [1.82, 2.24) is 0 Å². The first-order valence-electron chi connectivity index (χ1n) is 3.28. The largest absolute Gasteiger partial charge is 0.475 e. The summed E-state index contributed by atoms with van der Waals surface area (Å²) in [6.07, 6.45) is 3.50. The number of carboxylic acid groups (broad SMARTS) is 1. The molecule has 0 radical (unpaired) electrons. The van der Waals surface area contributed by atoms with Crippen LogP contribution >= 0.6 is 0 Å². The first-order chi connectivity index (χ1) is 6.27. The number of carboxylic acids is 1. The molecule has 0 bridgehead atoms. The van der Waals surface area contributed by atoms with E-state index in [2.05, 4.69) is 0 Å². The van der Waals surface area contributed by atoms with E-state index in [4.69, 9.17) is 24.1 Å². The highest BCUT2D eigenvalue weighted by Crippen LogP contribution is 2.24. The van der Waals surface area contributed by atoms with Gasteiger partial charge in [0.15, 0.2) is 0 Å². The number of carbonyl (C=O) groups is 1. The monoisotopic (exact) mass is 184 g/mol. The maximum atomic E-state index is 10.4. The molecule has 6 nitrogen and oxygen atoms in total. The van der Waals surface area contributed by atoms with E-state index in [0.717, 1.165) is 6.26 Å². The Morgan fingerprint density at radius 3 is 2.38 bits per heavy atom. The summed E-state index contributed by atoms with van der Waals surface area (Å²) in [6.45, 7) is 0. The van der Waals surface area contributed by atoms with Gasteiger partial charge in [0.05, 0.1) is 0 Å². The van der Waals surface area contributed by atoms with Gasteiger partial charge in [-0.15, -0.1) is 0 Å². The second-order valence-corrected chi connectivity index (χ2v) is 2.09. The lowest BCUT2D eigenvalue weighted by atomic mass is 10.6. The molecule has 2 aliphatic heterocycles. The van der Waals surface area contributed by atoms with Crippen molar-refractivity contribution in [2.24, 2.45) is 0 Å². The van der Waals surface area contributed by atoms with Crippen LogP contribution in [0.5, 0.6) is 0 Å². The van der Waals surface area contributed by atoms with E-state index in [1.54, 1.807) is 0 Å². The van der Waals surface area contributed by atoms with E-state index in [0.29, 0.717) is 0 Å². The van der Waals surface area contributed by atoms with Crippen molar-refractivity contribution >= 4 is 5.97 Å². The third kappa shape index (κ3) is 1.28. The van der Waals surface area contributed by atoms with Gasteiger partial charge in [-0.3, -0.25) is 0 Å². The molecule has 2 rings (SSSR count). The fraction of sp³-hybridized carbons (Fsp3) is 0. The molecule has 0 aliphatic carbocycles. The zero-order valence-corrected chi connectivity index (χ0v) is 6.22. The van der Waals surface area contributed by atoms with Crippen LogP contribution in [0.15, 0.2) is 36.4 Å². The third-order valence-corrected chi connectivity index (χ3v) is 1.26. The number of rotatable bonds is 1. The van der Waals surface area contributed by atoms with Crippen molar-refractivity contribution in [3.05, 3.63) is 36.4 Å². The van der Waals surface area contributed by atoms with E-state index in [9.17, 15) is 4.79 Å². The first kappa shape index (κ1) is 7.53. The molecule has 1 N–H and O–H groups in total. The summed E-state index contributed by atoms with van der Waals surface area (Å²) in [4.78, 5) is 10.4. The normalized spacial score (nSPS) is 18.6. The second-order valence-electron chi connectivity index (χ2n) is 2.09. The van der Waals surface area contributed by atoms with Gasteiger partial charge >= 0.3 is 17.9 Å². The van der Waals surface area contributed by atoms with Gasteiger partial charge in [-0.2, -0.15) is 0 Å². The molecule has 0 saturated heterocycles. The Morgan fingerprint density at radius 2 is 1.85 bits per heavy atom. The van der Waals surface area contributed by atoms with Crippen LogP contribution in [-0.4, -0.2) is 11.1 Å². The van der Waals surface area contributed by atoms with Gasteiger partial charge < -0.3 is 24.1 Å². The van der Waals surface area contributed by atoms with Gasteiger partial charge in [0, 0.05) is 0 Å². The predicted octanol–water partition coefficient (Wildman–Crippen LogP) is 0.604. The molecule has 0 aromatic rings. The van der Waals surface area contributed by atoms with Crippen molar-refractivity contribution in [2.45, 2.75) is 0 Å². The van der Waals surface area contributed by atoms with Crippen LogP contribution in [-0.2, 0) is 23.7 Å². The summed E-state index contributed by atoms with van der Waals surface area (Å²) >= 11 is 0. The van der Waals surface area contributed by atoms with Crippen molar-refractivity contribution < 1.29 is 28.8 Å². The van der Waals surface area contributed by atoms with E-state index < -0.39 is 5.97 Å². The molecule has 0 saturated carbocycles. The number of ether oxygens (including phenoxy) is 4. The zero-order valence-electron chi connectivity index (χ0n) is 6.22.